The quantitative estimate of drug-likeness (QED) is 0.888. The predicted molar refractivity (Wildman–Crippen MR) is 78.9 cm³/mol. The van der Waals surface area contributed by atoms with Crippen LogP contribution in [0.3, 0.4) is 0 Å². The molecule has 0 spiro atoms. The van der Waals surface area contributed by atoms with Crippen LogP contribution in [0.5, 0.6) is 0 Å². The molecule has 2 N–H and O–H groups in total. The first-order valence-electron chi connectivity index (χ1n) is 7.47. The van der Waals surface area contributed by atoms with E-state index >= 15 is 0 Å². The van der Waals surface area contributed by atoms with Crippen molar-refractivity contribution >= 4 is 0 Å². The molecule has 1 aromatic heterocycles. The lowest BCUT2D eigenvalue weighted by Crippen LogP contribution is -2.44. The van der Waals surface area contributed by atoms with Crippen LogP contribution >= 0.6 is 0 Å². The summed E-state index contributed by atoms with van der Waals surface area (Å²) in [5.74, 6) is 2.86. The first kappa shape index (κ1) is 14.6. The third kappa shape index (κ3) is 3.83. The molecule has 19 heavy (non-hydrogen) atoms. The second kappa shape index (κ2) is 6.10. The van der Waals surface area contributed by atoms with E-state index in [4.69, 9.17) is 10.2 Å². The Labute approximate surface area is 117 Å². The van der Waals surface area contributed by atoms with E-state index < -0.39 is 0 Å². The first-order valence-corrected chi connectivity index (χ1v) is 7.47. The van der Waals surface area contributed by atoms with Crippen LogP contribution in [0.1, 0.15) is 44.1 Å². The van der Waals surface area contributed by atoms with E-state index in [0.717, 1.165) is 37.1 Å². The lowest BCUT2D eigenvalue weighted by atomic mass is 9.70. The van der Waals surface area contributed by atoms with Crippen molar-refractivity contribution in [3.63, 3.8) is 0 Å². The Morgan fingerprint density at radius 1 is 1.47 bits per heavy atom. The second-order valence-corrected chi connectivity index (χ2v) is 6.59. The summed E-state index contributed by atoms with van der Waals surface area (Å²) < 4.78 is 5.66. The number of furan rings is 1. The van der Waals surface area contributed by atoms with Crippen molar-refractivity contribution in [2.45, 2.75) is 46.1 Å². The zero-order valence-corrected chi connectivity index (χ0v) is 12.6. The van der Waals surface area contributed by atoms with E-state index in [-0.39, 0.29) is 0 Å². The smallest absolute Gasteiger partial charge is 0.118 e. The summed E-state index contributed by atoms with van der Waals surface area (Å²) in [5, 5.41) is 0. The predicted octanol–water partition coefficient (Wildman–Crippen LogP) is 3.18. The fourth-order valence-corrected chi connectivity index (χ4v) is 3.63. The molecule has 0 saturated heterocycles. The number of hydrogen-bond acceptors (Lipinski definition) is 3. The molecule has 2 rings (SSSR count). The Kier molecular flexibility index (Phi) is 4.69. The summed E-state index contributed by atoms with van der Waals surface area (Å²) in [7, 11) is 2.18. The van der Waals surface area contributed by atoms with E-state index in [9.17, 15) is 0 Å². The van der Waals surface area contributed by atoms with Crippen molar-refractivity contribution in [2.75, 3.05) is 20.1 Å². The minimum atomic E-state index is 0.314. The van der Waals surface area contributed by atoms with E-state index in [0.29, 0.717) is 5.41 Å². The summed E-state index contributed by atoms with van der Waals surface area (Å²) in [6, 6.07) is 4.11. The van der Waals surface area contributed by atoms with Gasteiger partial charge in [-0.25, -0.2) is 0 Å². The third-order valence-corrected chi connectivity index (χ3v) is 4.45. The van der Waals surface area contributed by atoms with E-state index in [1.165, 1.54) is 25.7 Å². The average Bonchev–Trinajstić information content (AvgIpc) is 2.74. The maximum atomic E-state index is 6.10. The molecule has 1 aliphatic carbocycles. The fourth-order valence-electron chi connectivity index (χ4n) is 3.63. The molecular formula is C16H28N2O. The highest BCUT2D eigenvalue weighted by Gasteiger charge is 2.34. The van der Waals surface area contributed by atoms with Crippen LogP contribution in [0.15, 0.2) is 16.5 Å². The number of aryl methyl sites for hydroxylation is 1. The summed E-state index contributed by atoms with van der Waals surface area (Å²) in [5.41, 5.74) is 6.41. The lowest BCUT2D eigenvalue weighted by molar-refractivity contribution is 0.0948. The van der Waals surface area contributed by atoms with Crippen molar-refractivity contribution in [2.24, 2.45) is 17.1 Å². The van der Waals surface area contributed by atoms with Gasteiger partial charge < -0.3 is 10.2 Å². The minimum absolute atomic E-state index is 0.314. The second-order valence-electron chi connectivity index (χ2n) is 6.59. The van der Waals surface area contributed by atoms with Gasteiger partial charge in [0.2, 0.25) is 0 Å². The van der Waals surface area contributed by atoms with Gasteiger partial charge in [-0.15, -0.1) is 0 Å². The van der Waals surface area contributed by atoms with E-state index in [1.54, 1.807) is 0 Å². The molecule has 1 aliphatic rings. The molecule has 1 saturated carbocycles. The van der Waals surface area contributed by atoms with Crippen molar-refractivity contribution in [3.8, 4) is 0 Å². The Morgan fingerprint density at radius 3 is 2.84 bits per heavy atom. The van der Waals surface area contributed by atoms with Gasteiger partial charge in [0.1, 0.15) is 11.5 Å². The van der Waals surface area contributed by atoms with Gasteiger partial charge in [-0.3, -0.25) is 4.90 Å². The van der Waals surface area contributed by atoms with Gasteiger partial charge in [0.25, 0.3) is 0 Å². The van der Waals surface area contributed by atoms with Gasteiger partial charge in [-0.2, -0.15) is 0 Å². The number of nitrogens with two attached hydrogens (primary N) is 1. The molecule has 0 radical (unpaired) electrons. The first-order chi connectivity index (χ1) is 9.03. The van der Waals surface area contributed by atoms with Crippen molar-refractivity contribution in [3.05, 3.63) is 23.7 Å². The number of hydrogen-bond donors (Lipinski definition) is 1. The largest absolute Gasteiger partial charge is 0.465 e. The Balaban J connectivity index is 1.93. The summed E-state index contributed by atoms with van der Waals surface area (Å²) in [6.45, 7) is 7.11. The fraction of sp³-hybridized carbons (Fsp3) is 0.750. The van der Waals surface area contributed by atoms with E-state index in [1.807, 2.05) is 13.0 Å². The standard InChI is InChI=1S/C16H28N2O/c1-13-5-4-8-16(9-13,11-17)12-18(3)10-15-7-6-14(2)19-15/h6-7,13H,4-5,8-12,17H2,1-3H3. The highest BCUT2D eigenvalue weighted by Crippen LogP contribution is 2.39. The molecule has 3 heteroatoms. The van der Waals surface area contributed by atoms with Crippen LogP contribution in [0.25, 0.3) is 0 Å². The molecule has 2 unspecified atom stereocenters. The van der Waals surface area contributed by atoms with Crippen LogP contribution in [0.4, 0.5) is 0 Å². The van der Waals surface area contributed by atoms with Crippen molar-refractivity contribution in [1.29, 1.82) is 0 Å². The lowest BCUT2D eigenvalue weighted by Gasteiger charge is -2.41. The summed E-state index contributed by atoms with van der Waals surface area (Å²) in [4.78, 5) is 2.36. The molecule has 0 aliphatic heterocycles. The van der Waals surface area contributed by atoms with Crippen molar-refractivity contribution < 1.29 is 4.42 Å². The maximum Gasteiger partial charge on any atom is 0.118 e. The highest BCUT2D eigenvalue weighted by molar-refractivity contribution is 5.05. The molecule has 1 fully saturated rings. The van der Waals surface area contributed by atoms with Crippen LogP contribution in [-0.4, -0.2) is 25.0 Å². The Morgan fingerprint density at radius 2 is 2.26 bits per heavy atom. The van der Waals surface area contributed by atoms with Crippen molar-refractivity contribution in [1.82, 2.24) is 4.90 Å². The molecule has 0 bridgehead atoms. The molecule has 2 atom stereocenters. The summed E-state index contributed by atoms with van der Waals surface area (Å²) >= 11 is 0. The molecule has 0 aromatic carbocycles. The van der Waals surface area contributed by atoms with E-state index in [2.05, 4.69) is 24.9 Å². The molecule has 1 heterocycles. The normalized spacial score (nSPS) is 27.9. The molecule has 0 amide bonds. The number of nitrogens with zero attached hydrogens (tertiary/aromatic N) is 1. The highest BCUT2D eigenvalue weighted by atomic mass is 16.3. The Hall–Kier alpha value is -0.800. The van der Waals surface area contributed by atoms with Gasteiger partial charge in [0, 0.05) is 6.54 Å². The molecular weight excluding hydrogens is 236 g/mol. The zero-order chi connectivity index (χ0) is 13.9. The van der Waals surface area contributed by atoms with Crippen LogP contribution in [0, 0.1) is 18.3 Å². The van der Waals surface area contributed by atoms with Gasteiger partial charge in [-0.1, -0.05) is 19.8 Å². The molecule has 108 valence electrons. The zero-order valence-electron chi connectivity index (χ0n) is 12.6. The van der Waals surface area contributed by atoms with Gasteiger partial charge in [0.05, 0.1) is 6.54 Å². The van der Waals surface area contributed by atoms with Crippen LogP contribution in [0.2, 0.25) is 0 Å². The summed E-state index contributed by atoms with van der Waals surface area (Å²) in [6.07, 6.45) is 5.23. The topological polar surface area (TPSA) is 42.4 Å². The van der Waals surface area contributed by atoms with Gasteiger partial charge >= 0.3 is 0 Å². The number of rotatable bonds is 5. The molecule has 3 nitrogen and oxygen atoms in total. The third-order valence-electron chi connectivity index (χ3n) is 4.45. The average molecular weight is 264 g/mol. The maximum absolute atomic E-state index is 6.10. The Bertz CT molecular complexity index is 401. The minimum Gasteiger partial charge on any atom is -0.465 e. The molecule has 1 aromatic rings. The van der Waals surface area contributed by atoms with Gasteiger partial charge in [0.15, 0.2) is 0 Å². The SMILES string of the molecule is Cc1ccc(CN(C)CC2(CN)CCCC(C)C2)o1. The monoisotopic (exact) mass is 264 g/mol. The van der Waals surface area contributed by atoms with Crippen LogP contribution < -0.4 is 5.73 Å². The van der Waals surface area contributed by atoms with Gasteiger partial charge in [-0.05, 0) is 56.8 Å². The van der Waals surface area contributed by atoms with Crippen LogP contribution in [-0.2, 0) is 6.54 Å².